The Hall–Kier alpha value is -1.14. The minimum absolute atomic E-state index is 0.00899. The molecular formula is C11H20N2O4. The van der Waals surface area contributed by atoms with E-state index in [0.29, 0.717) is 6.61 Å². The van der Waals surface area contributed by atoms with E-state index in [1.807, 2.05) is 20.8 Å². The first-order valence-electron chi connectivity index (χ1n) is 5.58. The molecule has 1 heterocycles. The van der Waals surface area contributed by atoms with Gasteiger partial charge in [-0.25, -0.2) is 4.79 Å². The van der Waals surface area contributed by atoms with Crippen LogP contribution in [0.2, 0.25) is 0 Å². The van der Waals surface area contributed by atoms with Gasteiger partial charge in [0.15, 0.2) is 5.54 Å². The molecule has 1 aliphatic rings. The van der Waals surface area contributed by atoms with Crippen molar-refractivity contribution in [1.82, 2.24) is 5.32 Å². The van der Waals surface area contributed by atoms with Crippen molar-refractivity contribution in [2.75, 3.05) is 13.2 Å². The molecule has 1 amide bonds. The maximum Gasteiger partial charge on any atom is 0.331 e. The molecule has 2 atom stereocenters. The van der Waals surface area contributed by atoms with Crippen LogP contribution in [-0.2, 0) is 14.3 Å². The van der Waals surface area contributed by atoms with Gasteiger partial charge >= 0.3 is 5.97 Å². The number of nitrogens with two attached hydrogens (primary N) is 1. The van der Waals surface area contributed by atoms with Crippen LogP contribution in [0.25, 0.3) is 0 Å². The molecule has 1 saturated heterocycles. The quantitative estimate of drug-likeness (QED) is 0.633. The molecule has 0 saturated carbocycles. The Labute approximate surface area is 101 Å². The van der Waals surface area contributed by atoms with Crippen LogP contribution in [0.3, 0.4) is 0 Å². The third kappa shape index (κ3) is 2.95. The molecule has 98 valence electrons. The highest BCUT2D eigenvalue weighted by Crippen LogP contribution is 2.22. The fraction of sp³-hybridized carbons (Fsp3) is 0.818. The number of aliphatic carboxylic acids is 1. The number of hydrogen-bond donors (Lipinski definition) is 3. The lowest BCUT2D eigenvalue weighted by atomic mass is 9.86. The standard InChI is InChI=1S/C11H20N2O4/c1-10(2,3)7(12)8(14)13-11(9(15)16)4-5-17-6-11/h7H,4-6,12H2,1-3H3,(H,13,14)(H,15,16)/t7-,11?/m0/s1. The van der Waals surface area contributed by atoms with Crippen LogP contribution >= 0.6 is 0 Å². The van der Waals surface area contributed by atoms with Gasteiger partial charge in [-0.1, -0.05) is 20.8 Å². The fourth-order valence-electron chi connectivity index (χ4n) is 1.59. The number of nitrogens with one attached hydrogen (secondary N) is 1. The highest BCUT2D eigenvalue weighted by molar-refractivity contribution is 5.90. The number of rotatable bonds is 3. The molecule has 0 radical (unpaired) electrons. The van der Waals surface area contributed by atoms with E-state index in [4.69, 9.17) is 15.6 Å². The molecule has 1 aliphatic heterocycles. The van der Waals surface area contributed by atoms with Gasteiger partial charge in [0.1, 0.15) is 0 Å². The highest BCUT2D eigenvalue weighted by Gasteiger charge is 2.45. The summed E-state index contributed by atoms with van der Waals surface area (Å²) in [5.74, 6) is -1.53. The molecule has 1 unspecified atom stereocenters. The van der Waals surface area contributed by atoms with Gasteiger partial charge in [-0.3, -0.25) is 4.79 Å². The molecule has 0 aromatic rings. The van der Waals surface area contributed by atoms with Gasteiger partial charge in [0.05, 0.1) is 12.6 Å². The normalized spacial score (nSPS) is 26.6. The maximum atomic E-state index is 11.9. The molecule has 1 fully saturated rings. The average molecular weight is 244 g/mol. The topological polar surface area (TPSA) is 102 Å². The summed E-state index contributed by atoms with van der Waals surface area (Å²) in [4.78, 5) is 23.1. The SMILES string of the molecule is CC(C)(C)[C@@H](N)C(=O)NC1(C(=O)O)CCOC1. The van der Waals surface area contributed by atoms with Crippen molar-refractivity contribution in [3.8, 4) is 0 Å². The summed E-state index contributed by atoms with van der Waals surface area (Å²) >= 11 is 0. The third-order valence-electron chi connectivity index (χ3n) is 3.01. The van der Waals surface area contributed by atoms with E-state index >= 15 is 0 Å². The maximum absolute atomic E-state index is 11.9. The van der Waals surface area contributed by atoms with Crippen molar-refractivity contribution < 1.29 is 19.4 Å². The van der Waals surface area contributed by atoms with Gasteiger partial charge in [0.25, 0.3) is 0 Å². The number of carboxylic acids is 1. The van der Waals surface area contributed by atoms with Gasteiger partial charge < -0.3 is 20.9 Å². The van der Waals surface area contributed by atoms with Crippen LogP contribution in [0.5, 0.6) is 0 Å². The summed E-state index contributed by atoms with van der Waals surface area (Å²) in [5, 5.41) is 11.7. The van der Waals surface area contributed by atoms with E-state index in [2.05, 4.69) is 5.32 Å². The van der Waals surface area contributed by atoms with Crippen molar-refractivity contribution in [1.29, 1.82) is 0 Å². The molecule has 1 rings (SSSR count). The van der Waals surface area contributed by atoms with Crippen LogP contribution in [0.1, 0.15) is 27.2 Å². The summed E-state index contributed by atoms with van der Waals surface area (Å²) in [5.41, 5.74) is 4.05. The Bertz CT molecular complexity index is 316. The van der Waals surface area contributed by atoms with Gasteiger partial charge in [-0.2, -0.15) is 0 Å². The zero-order valence-electron chi connectivity index (χ0n) is 10.4. The van der Waals surface area contributed by atoms with Crippen LogP contribution in [-0.4, -0.2) is 41.8 Å². The first-order valence-corrected chi connectivity index (χ1v) is 5.58. The predicted molar refractivity (Wildman–Crippen MR) is 61.4 cm³/mol. The number of amides is 1. The largest absolute Gasteiger partial charge is 0.479 e. The molecule has 0 aliphatic carbocycles. The molecule has 0 aromatic carbocycles. The second-order valence-electron chi connectivity index (χ2n) is 5.52. The van der Waals surface area contributed by atoms with Crippen LogP contribution in [0.4, 0.5) is 0 Å². The van der Waals surface area contributed by atoms with Crippen molar-refractivity contribution in [3.05, 3.63) is 0 Å². The van der Waals surface area contributed by atoms with Crippen molar-refractivity contribution in [3.63, 3.8) is 0 Å². The second-order valence-corrected chi connectivity index (χ2v) is 5.52. The Morgan fingerprint density at radius 1 is 1.47 bits per heavy atom. The zero-order chi connectivity index (χ0) is 13.3. The minimum atomic E-state index is -1.32. The van der Waals surface area contributed by atoms with Crippen molar-refractivity contribution in [2.45, 2.75) is 38.8 Å². The third-order valence-corrected chi connectivity index (χ3v) is 3.01. The van der Waals surface area contributed by atoms with E-state index in [0.717, 1.165) is 0 Å². The predicted octanol–water partition coefficient (Wildman–Crippen LogP) is -0.280. The molecular weight excluding hydrogens is 224 g/mol. The van der Waals surface area contributed by atoms with Crippen molar-refractivity contribution in [2.24, 2.45) is 11.1 Å². The molecule has 17 heavy (non-hydrogen) atoms. The Morgan fingerprint density at radius 3 is 2.41 bits per heavy atom. The molecule has 6 heteroatoms. The fourth-order valence-corrected chi connectivity index (χ4v) is 1.59. The van der Waals surface area contributed by atoms with Crippen LogP contribution < -0.4 is 11.1 Å². The highest BCUT2D eigenvalue weighted by atomic mass is 16.5. The lowest BCUT2D eigenvalue weighted by Crippen LogP contribution is -2.60. The van der Waals surface area contributed by atoms with Crippen LogP contribution in [0.15, 0.2) is 0 Å². The van der Waals surface area contributed by atoms with E-state index in [1.165, 1.54) is 0 Å². The van der Waals surface area contributed by atoms with Gasteiger partial charge in [0, 0.05) is 13.0 Å². The Kier molecular flexibility index (Phi) is 3.78. The minimum Gasteiger partial charge on any atom is -0.479 e. The average Bonchev–Trinajstić information content (AvgIpc) is 2.64. The smallest absolute Gasteiger partial charge is 0.331 e. The number of carbonyl (C=O) groups is 2. The van der Waals surface area contributed by atoms with Gasteiger partial charge in [-0.05, 0) is 5.41 Å². The summed E-state index contributed by atoms with van der Waals surface area (Å²) in [6.45, 7) is 5.81. The van der Waals surface area contributed by atoms with E-state index in [9.17, 15) is 9.59 Å². The number of hydrogen-bond acceptors (Lipinski definition) is 4. The molecule has 0 bridgehead atoms. The number of ether oxygens (including phenoxy) is 1. The Morgan fingerprint density at radius 2 is 2.06 bits per heavy atom. The summed E-state index contributed by atoms with van der Waals surface area (Å²) < 4.78 is 5.05. The van der Waals surface area contributed by atoms with Crippen LogP contribution in [0, 0.1) is 5.41 Å². The van der Waals surface area contributed by atoms with Gasteiger partial charge in [-0.15, -0.1) is 0 Å². The zero-order valence-corrected chi connectivity index (χ0v) is 10.4. The lowest BCUT2D eigenvalue weighted by Gasteiger charge is -2.30. The number of carbonyl (C=O) groups excluding carboxylic acids is 1. The molecule has 4 N–H and O–H groups in total. The monoisotopic (exact) mass is 244 g/mol. The first-order chi connectivity index (χ1) is 7.69. The lowest BCUT2D eigenvalue weighted by molar-refractivity contribution is -0.148. The summed E-state index contributed by atoms with van der Waals surface area (Å²) in [6, 6.07) is -0.751. The summed E-state index contributed by atoms with van der Waals surface area (Å²) in [6.07, 6.45) is 0.269. The second kappa shape index (κ2) is 4.62. The van der Waals surface area contributed by atoms with Gasteiger partial charge in [0.2, 0.25) is 5.91 Å². The first kappa shape index (κ1) is 13.9. The van der Waals surface area contributed by atoms with E-state index < -0.39 is 28.9 Å². The molecule has 6 nitrogen and oxygen atoms in total. The van der Waals surface area contributed by atoms with E-state index in [-0.39, 0.29) is 13.0 Å². The Balaban J connectivity index is 2.76. The van der Waals surface area contributed by atoms with E-state index in [1.54, 1.807) is 0 Å². The molecule has 0 spiro atoms. The molecule has 0 aromatic heterocycles. The van der Waals surface area contributed by atoms with Crippen molar-refractivity contribution >= 4 is 11.9 Å². The number of carboxylic acid groups (broad SMARTS) is 1. The summed E-state index contributed by atoms with van der Waals surface area (Å²) in [7, 11) is 0.